The first-order chi connectivity index (χ1) is 15.6. The van der Waals surface area contributed by atoms with Crippen LogP contribution in [0.5, 0.6) is 0 Å². The van der Waals surface area contributed by atoms with Crippen LogP contribution in [0.1, 0.15) is 50.5 Å². The van der Waals surface area contributed by atoms with Crippen molar-refractivity contribution in [1.82, 2.24) is 10.4 Å². The van der Waals surface area contributed by atoms with Gasteiger partial charge >= 0.3 is 0 Å². The van der Waals surface area contributed by atoms with E-state index in [-0.39, 0.29) is 24.6 Å². The van der Waals surface area contributed by atoms with Crippen LogP contribution in [0.4, 0.5) is 4.39 Å². The van der Waals surface area contributed by atoms with E-state index in [0.29, 0.717) is 17.0 Å². The van der Waals surface area contributed by atoms with Gasteiger partial charge in [-0.25, -0.2) is 17.8 Å². The molecule has 3 amide bonds. The highest BCUT2D eigenvalue weighted by atomic mass is 35.5. The molecule has 1 aromatic carbocycles. The lowest BCUT2D eigenvalue weighted by molar-refractivity contribution is -0.145. The number of hydrogen-bond acceptors (Lipinski definition) is 5. The number of carbonyl (C=O) groups excluding carboxylic acids is 3. The van der Waals surface area contributed by atoms with Crippen molar-refractivity contribution in [3.63, 3.8) is 0 Å². The fraction of sp³-hybridized carbons (Fsp3) is 0.591. The van der Waals surface area contributed by atoms with Crippen LogP contribution in [0.2, 0.25) is 0 Å². The van der Waals surface area contributed by atoms with E-state index in [1.807, 2.05) is 0 Å². The number of hydrogen-bond donors (Lipinski definition) is 2. The molecule has 11 heteroatoms. The van der Waals surface area contributed by atoms with Gasteiger partial charge in [0.2, 0.25) is 11.8 Å². The lowest BCUT2D eigenvalue weighted by atomic mass is 9.83. The highest BCUT2D eigenvalue weighted by molar-refractivity contribution is 7.90. The molecule has 0 spiro atoms. The summed E-state index contributed by atoms with van der Waals surface area (Å²) < 4.78 is 39.2. The largest absolute Gasteiger partial charge is 0.370 e. The predicted molar refractivity (Wildman–Crippen MR) is 123 cm³/mol. The van der Waals surface area contributed by atoms with Gasteiger partial charge in [-0.2, -0.15) is 0 Å². The van der Waals surface area contributed by atoms with Gasteiger partial charge in [0, 0.05) is 6.42 Å². The van der Waals surface area contributed by atoms with E-state index in [1.165, 1.54) is 0 Å². The molecule has 8 nitrogen and oxygen atoms in total. The minimum atomic E-state index is -3.67. The van der Waals surface area contributed by atoms with Crippen molar-refractivity contribution in [2.24, 2.45) is 17.6 Å². The van der Waals surface area contributed by atoms with E-state index < -0.39 is 44.9 Å². The van der Waals surface area contributed by atoms with E-state index in [1.54, 1.807) is 30.3 Å². The molecule has 2 atom stereocenters. The van der Waals surface area contributed by atoms with Gasteiger partial charge in [0.25, 0.3) is 11.5 Å². The standard InChI is InChI=1S/C22H31ClFN3O5S/c23-20(24)22(30)27(12-11-19(25)28)26-21(29)18(13-16-7-3-1-4-8-16)15-33(31,32)14-17-9-5-2-6-10-17/h2,5-6,9-10,16,18,20H,1,3-4,7-8,11-15H2,(H2,25,28)(H,26,29)/t18-,20?/m1/s1. The first-order valence-corrected chi connectivity index (χ1v) is 13.3. The van der Waals surface area contributed by atoms with Crippen LogP contribution >= 0.6 is 11.6 Å². The Morgan fingerprint density at radius 1 is 1.15 bits per heavy atom. The summed E-state index contributed by atoms with van der Waals surface area (Å²) in [4.78, 5) is 36.2. The molecular formula is C22H31ClFN3O5S. The molecule has 0 aromatic heterocycles. The normalized spacial score (nSPS) is 16.5. The molecule has 0 saturated heterocycles. The molecule has 1 aliphatic carbocycles. The SMILES string of the molecule is NC(=O)CCN(NC(=O)[C@H](CC1CCCCC1)CS(=O)(=O)Cc1ccccc1)C(=O)C(F)Cl. The quantitative estimate of drug-likeness (QED) is 0.354. The fourth-order valence-corrected chi connectivity index (χ4v) is 5.89. The zero-order valence-corrected chi connectivity index (χ0v) is 20.0. The zero-order chi connectivity index (χ0) is 24.4. The van der Waals surface area contributed by atoms with E-state index in [0.717, 1.165) is 32.1 Å². The Hall–Kier alpha value is -2.20. The van der Waals surface area contributed by atoms with E-state index in [2.05, 4.69) is 5.43 Å². The maximum absolute atomic E-state index is 13.4. The molecule has 2 rings (SSSR count). The number of primary amides is 1. The molecule has 0 aliphatic heterocycles. The molecule has 0 heterocycles. The van der Waals surface area contributed by atoms with Crippen molar-refractivity contribution in [1.29, 1.82) is 0 Å². The van der Waals surface area contributed by atoms with E-state index in [9.17, 15) is 27.2 Å². The molecule has 1 fully saturated rings. The summed E-state index contributed by atoms with van der Waals surface area (Å²) in [6.07, 6.45) is 4.90. The second-order valence-electron chi connectivity index (χ2n) is 8.46. The van der Waals surface area contributed by atoms with Gasteiger partial charge in [0.15, 0.2) is 9.84 Å². The molecule has 1 aliphatic rings. The number of nitrogens with one attached hydrogen (secondary N) is 1. The van der Waals surface area contributed by atoms with Gasteiger partial charge in [-0.05, 0) is 17.9 Å². The Bertz CT molecular complexity index is 908. The maximum atomic E-state index is 13.4. The molecule has 1 saturated carbocycles. The van der Waals surface area contributed by atoms with Crippen molar-refractivity contribution in [2.75, 3.05) is 12.3 Å². The van der Waals surface area contributed by atoms with Crippen LogP contribution in [0.25, 0.3) is 0 Å². The first-order valence-electron chi connectivity index (χ1n) is 11.0. The molecule has 3 N–H and O–H groups in total. The third-order valence-corrected chi connectivity index (χ3v) is 7.55. The van der Waals surface area contributed by atoms with Gasteiger partial charge in [-0.1, -0.05) is 74.0 Å². The molecular weight excluding hydrogens is 473 g/mol. The van der Waals surface area contributed by atoms with Gasteiger partial charge < -0.3 is 5.73 Å². The number of nitrogens with two attached hydrogens (primary N) is 1. The summed E-state index contributed by atoms with van der Waals surface area (Å²) >= 11 is 5.23. The number of carbonyl (C=O) groups is 3. The number of amides is 3. The van der Waals surface area contributed by atoms with Crippen molar-refractivity contribution >= 4 is 39.2 Å². The summed E-state index contributed by atoms with van der Waals surface area (Å²) in [6, 6.07) is 8.64. The lowest BCUT2D eigenvalue weighted by Gasteiger charge is -2.29. The van der Waals surface area contributed by atoms with Crippen molar-refractivity contribution in [3.8, 4) is 0 Å². The minimum absolute atomic E-state index is 0.179. The summed E-state index contributed by atoms with van der Waals surface area (Å²) in [6.45, 7) is -0.375. The van der Waals surface area contributed by atoms with Crippen molar-refractivity contribution in [2.45, 2.75) is 56.3 Å². The Kier molecular flexibility index (Phi) is 10.6. The Labute approximate surface area is 198 Å². The Balaban J connectivity index is 2.18. The number of alkyl halides is 2. The Morgan fingerprint density at radius 2 is 1.79 bits per heavy atom. The number of benzene rings is 1. The molecule has 0 radical (unpaired) electrons. The van der Waals surface area contributed by atoms with Gasteiger partial charge in [0.1, 0.15) is 0 Å². The minimum Gasteiger partial charge on any atom is -0.370 e. The summed E-state index contributed by atoms with van der Waals surface area (Å²) in [5, 5.41) is 0.600. The third kappa shape index (κ3) is 9.67. The molecule has 1 unspecified atom stereocenters. The summed E-state index contributed by atoms with van der Waals surface area (Å²) in [5.74, 6) is -4.14. The molecule has 0 bridgehead atoms. The molecule has 184 valence electrons. The van der Waals surface area contributed by atoms with Crippen LogP contribution in [0.3, 0.4) is 0 Å². The zero-order valence-electron chi connectivity index (χ0n) is 18.4. The highest BCUT2D eigenvalue weighted by Gasteiger charge is 2.32. The van der Waals surface area contributed by atoms with Crippen LogP contribution in [0.15, 0.2) is 30.3 Å². The van der Waals surface area contributed by atoms with Gasteiger partial charge in [-0.3, -0.25) is 19.8 Å². The topological polar surface area (TPSA) is 127 Å². The average molecular weight is 504 g/mol. The van der Waals surface area contributed by atoms with Gasteiger partial charge in [0.05, 0.1) is 24.0 Å². The van der Waals surface area contributed by atoms with E-state index >= 15 is 0 Å². The predicted octanol–water partition coefficient (Wildman–Crippen LogP) is 2.46. The number of rotatable bonds is 11. The fourth-order valence-electron chi connectivity index (χ4n) is 4.05. The smallest absolute Gasteiger partial charge is 0.291 e. The van der Waals surface area contributed by atoms with Crippen molar-refractivity contribution in [3.05, 3.63) is 35.9 Å². The second kappa shape index (κ2) is 12.9. The maximum Gasteiger partial charge on any atom is 0.291 e. The molecule has 33 heavy (non-hydrogen) atoms. The van der Waals surface area contributed by atoms with E-state index in [4.69, 9.17) is 17.3 Å². The first kappa shape index (κ1) is 27.0. The third-order valence-electron chi connectivity index (χ3n) is 5.68. The highest BCUT2D eigenvalue weighted by Crippen LogP contribution is 2.30. The Morgan fingerprint density at radius 3 is 2.36 bits per heavy atom. The summed E-state index contributed by atoms with van der Waals surface area (Å²) in [7, 11) is -3.67. The number of hydrazine groups is 1. The number of nitrogens with zero attached hydrogens (tertiary/aromatic N) is 1. The van der Waals surface area contributed by atoms with Crippen LogP contribution in [0, 0.1) is 11.8 Å². The van der Waals surface area contributed by atoms with Crippen LogP contribution < -0.4 is 11.2 Å². The van der Waals surface area contributed by atoms with Crippen LogP contribution in [-0.2, 0) is 30.0 Å². The summed E-state index contributed by atoms with van der Waals surface area (Å²) in [5.41, 5.74) is 5.54. The van der Waals surface area contributed by atoms with Crippen molar-refractivity contribution < 1.29 is 27.2 Å². The van der Waals surface area contributed by atoms with Gasteiger partial charge in [-0.15, -0.1) is 0 Å². The average Bonchev–Trinajstić information content (AvgIpc) is 2.76. The monoisotopic (exact) mass is 503 g/mol. The van der Waals surface area contributed by atoms with Crippen LogP contribution in [-0.4, -0.2) is 49.1 Å². The second-order valence-corrected chi connectivity index (χ2v) is 11.0. The molecule has 1 aromatic rings. The lowest BCUT2D eigenvalue weighted by Crippen LogP contribution is -2.52. The number of halogens is 2. The number of sulfone groups is 1.